The van der Waals surface area contributed by atoms with Crippen LogP contribution in [0.5, 0.6) is 0 Å². The molecule has 0 aliphatic heterocycles. The summed E-state index contributed by atoms with van der Waals surface area (Å²) in [5.41, 5.74) is 2.89. The van der Waals surface area contributed by atoms with Gasteiger partial charge in [-0.1, -0.05) is 49.4 Å². The van der Waals surface area contributed by atoms with Gasteiger partial charge in [0, 0.05) is 25.9 Å². The molecule has 1 N–H and O–H groups in total. The summed E-state index contributed by atoms with van der Waals surface area (Å²) in [6.07, 6.45) is 2.39. The van der Waals surface area contributed by atoms with Crippen LogP contribution >= 0.6 is 0 Å². The smallest absolute Gasteiger partial charge is 0.265 e. The Balaban J connectivity index is 1.70. The fourth-order valence-corrected chi connectivity index (χ4v) is 4.65. The van der Waals surface area contributed by atoms with Gasteiger partial charge in [-0.2, -0.15) is 0 Å². The van der Waals surface area contributed by atoms with Gasteiger partial charge in [-0.15, -0.1) is 0 Å². The molecule has 6 nitrogen and oxygen atoms in total. The molecule has 0 bridgehead atoms. The number of hydrogen-bond donors (Lipinski definition) is 1. The fourth-order valence-electron chi connectivity index (χ4n) is 3.23. The Morgan fingerprint density at radius 3 is 2.29 bits per heavy atom. The molecule has 0 radical (unpaired) electrons. The van der Waals surface area contributed by atoms with E-state index < -0.39 is 10.0 Å². The predicted molar refractivity (Wildman–Crippen MR) is 125 cm³/mol. The number of benzene rings is 2. The van der Waals surface area contributed by atoms with Crippen LogP contribution in [0, 0.1) is 0 Å². The highest BCUT2D eigenvalue weighted by molar-refractivity contribution is 7.92. The summed E-state index contributed by atoms with van der Waals surface area (Å²) in [5.74, 6) is 0.617. The Morgan fingerprint density at radius 2 is 1.65 bits per heavy atom. The van der Waals surface area contributed by atoms with E-state index in [1.54, 1.807) is 24.3 Å². The van der Waals surface area contributed by atoms with Crippen LogP contribution < -0.4 is 9.62 Å². The molecular weight excluding hydrogens is 410 g/mol. The van der Waals surface area contributed by atoms with Crippen molar-refractivity contribution in [2.24, 2.45) is 0 Å². The minimum absolute atomic E-state index is 0.164. The van der Waals surface area contributed by atoms with Gasteiger partial charge < -0.3 is 10.1 Å². The molecule has 0 aliphatic rings. The molecule has 7 heteroatoms. The molecule has 1 heterocycles. The van der Waals surface area contributed by atoms with Gasteiger partial charge in [0.05, 0.1) is 12.3 Å². The summed E-state index contributed by atoms with van der Waals surface area (Å²) in [6.45, 7) is 6.12. The molecule has 1 aromatic heterocycles. The normalized spacial score (nSPS) is 11.3. The lowest BCUT2D eigenvalue weighted by atomic mass is 10.1. The van der Waals surface area contributed by atoms with E-state index in [9.17, 15) is 8.42 Å². The van der Waals surface area contributed by atoms with Gasteiger partial charge in [0.15, 0.2) is 0 Å². The maximum Gasteiger partial charge on any atom is 0.265 e. The largest absolute Gasteiger partial charge is 0.377 e. The van der Waals surface area contributed by atoms with Crippen LogP contribution in [0.25, 0.3) is 0 Å². The first-order valence-corrected chi connectivity index (χ1v) is 11.9. The van der Waals surface area contributed by atoms with Crippen LogP contribution in [0.4, 0.5) is 11.5 Å². The highest BCUT2D eigenvalue weighted by Gasteiger charge is 2.23. The summed E-state index contributed by atoms with van der Waals surface area (Å²) in [4.78, 5) is 4.49. The zero-order chi connectivity index (χ0) is 22.1. The fraction of sp³-hybridized carbons (Fsp3) is 0.292. The van der Waals surface area contributed by atoms with E-state index in [0.29, 0.717) is 31.2 Å². The molecule has 31 heavy (non-hydrogen) atoms. The maximum atomic E-state index is 13.1. The lowest BCUT2D eigenvalue weighted by molar-refractivity contribution is 0.121. The molecule has 164 valence electrons. The second kappa shape index (κ2) is 10.9. The van der Waals surface area contributed by atoms with Crippen molar-refractivity contribution in [3.63, 3.8) is 0 Å². The van der Waals surface area contributed by atoms with Crippen LogP contribution in [0.3, 0.4) is 0 Å². The Morgan fingerprint density at radius 1 is 0.935 bits per heavy atom. The third-order valence-corrected chi connectivity index (χ3v) is 6.73. The average Bonchev–Trinajstić information content (AvgIpc) is 2.80. The highest BCUT2D eigenvalue weighted by atomic mass is 32.2. The summed E-state index contributed by atoms with van der Waals surface area (Å²) < 4.78 is 33.2. The lowest BCUT2D eigenvalue weighted by Crippen LogP contribution is -2.30. The van der Waals surface area contributed by atoms with E-state index in [1.807, 2.05) is 37.3 Å². The molecule has 0 saturated heterocycles. The van der Waals surface area contributed by atoms with Crippen LogP contribution in [-0.4, -0.2) is 26.6 Å². The van der Waals surface area contributed by atoms with Gasteiger partial charge in [-0.25, -0.2) is 13.4 Å². The van der Waals surface area contributed by atoms with E-state index in [2.05, 4.69) is 29.4 Å². The Kier molecular flexibility index (Phi) is 8.03. The minimum atomic E-state index is -3.68. The zero-order valence-corrected chi connectivity index (χ0v) is 18.8. The Bertz CT molecular complexity index is 1050. The standard InChI is InChI=1S/C24H29N3O3S/c1-3-16-30-19-21-11-9-8-10-20(21)17-25-24-15-14-23(18-26-24)31(28,29)27(4-2)22-12-6-5-7-13-22/h5-15,18H,3-4,16-17,19H2,1-2H3,(H,25,26). The summed E-state index contributed by atoms with van der Waals surface area (Å²) >= 11 is 0. The molecule has 3 rings (SSSR count). The van der Waals surface area contributed by atoms with Crippen molar-refractivity contribution in [3.8, 4) is 0 Å². The first kappa shape index (κ1) is 22.8. The third kappa shape index (κ3) is 5.83. The number of ether oxygens (including phenoxy) is 1. The van der Waals surface area contributed by atoms with Crippen molar-refractivity contribution in [3.05, 3.63) is 84.1 Å². The highest BCUT2D eigenvalue weighted by Crippen LogP contribution is 2.23. The van der Waals surface area contributed by atoms with Gasteiger partial charge >= 0.3 is 0 Å². The second-order valence-electron chi connectivity index (χ2n) is 7.06. The summed E-state index contributed by atoms with van der Waals surface area (Å²) in [6, 6.07) is 20.5. The van der Waals surface area contributed by atoms with Gasteiger partial charge in [-0.3, -0.25) is 4.31 Å². The van der Waals surface area contributed by atoms with E-state index in [-0.39, 0.29) is 4.90 Å². The summed E-state index contributed by atoms with van der Waals surface area (Å²) in [5, 5.41) is 3.27. The number of nitrogens with one attached hydrogen (secondary N) is 1. The quantitative estimate of drug-likeness (QED) is 0.433. The number of anilines is 2. The first-order chi connectivity index (χ1) is 15.1. The van der Waals surface area contributed by atoms with E-state index in [4.69, 9.17) is 4.74 Å². The van der Waals surface area contributed by atoms with Gasteiger partial charge in [0.1, 0.15) is 10.7 Å². The van der Waals surface area contributed by atoms with Gasteiger partial charge in [-0.05, 0) is 48.7 Å². The molecule has 3 aromatic rings. The predicted octanol–water partition coefficient (Wildman–Crippen LogP) is 4.84. The van der Waals surface area contributed by atoms with Gasteiger partial charge in [0.2, 0.25) is 0 Å². The van der Waals surface area contributed by atoms with Crippen LogP contribution in [-0.2, 0) is 27.9 Å². The molecule has 0 fully saturated rings. The molecule has 0 unspecified atom stereocenters. The lowest BCUT2D eigenvalue weighted by Gasteiger charge is -2.22. The Labute approximate surface area is 185 Å². The van der Waals surface area contributed by atoms with E-state index >= 15 is 0 Å². The average molecular weight is 440 g/mol. The number of aromatic nitrogens is 1. The number of para-hydroxylation sites is 1. The minimum Gasteiger partial charge on any atom is -0.377 e. The van der Waals surface area contributed by atoms with E-state index in [1.165, 1.54) is 10.5 Å². The number of hydrogen-bond acceptors (Lipinski definition) is 5. The van der Waals surface area contributed by atoms with Crippen molar-refractivity contribution in [1.82, 2.24) is 4.98 Å². The molecular formula is C24H29N3O3S. The number of sulfonamides is 1. The Hall–Kier alpha value is -2.90. The van der Waals surface area contributed by atoms with Crippen molar-refractivity contribution in [2.45, 2.75) is 38.3 Å². The summed E-state index contributed by atoms with van der Waals surface area (Å²) in [7, 11) is -3.68. The van der Waals surface area contributed by atoms with Crippen molar-refractivity contribution in [1.29, 1.82) is 0 Å². The number of pyridine rings is 1. The van der Waals surface area contributed by atoms with Gasteiger partial charge in [0.25, 0.3) is 10.0 Å². The topological polar surface area (TPSA) is 71.5 Å². The molecule has 0 atom stereocenters. The number of rotatable bonds is 11. The second-order valence-corrected chi connectivity index (χ2v) is 8.92. The molecule has 0 aliphatic carbocycles. The third-order valence-electron chi connectivity index (χ3n) is 4.84. The van der Waals surface area contributed by atoms with Crippen molar-refractivity contribution < 1.29 is 13.2 Å². The zero-order valence-electron chi connectivity index (χ0n) is 18.0. The molecule has 0 spiro atoms. The first-order valence-electron chi connectivity index (χ1n) is 10.5. The van der Waals surface area contributed by atoms with Crippen LogP contribution in [0.1, 0.15) is 31.4 Å². The van der Waals surface area contributed by atoms with Crippen LogP contribution in [0.15, 0.2) is 77.8 Å². The van der Waals surface area contributed by atoms with Crippen molar-refractivity contribution >= 4 is 21.5 Å². The SMILES string of the molecule is CCCOCc1ccccc1CNc1ccc(S(=O)(=O)N(CC)c2ccccc2)cn1. The molecule has 0 amide bonds. The van der Waals surface area contributed by atoms with E-state index in [0.717, 1.165) is 24.2 Å². The maximum absolute atomic E-state index is 13.1. The monoisotopic (exact) mass is 439 g/mol. The van der Waals surface area contributed by atoms with Crippen LogP contribution in [0.2, 0.25) is 0 Å². The van der Waals surface area contributed by atoms with Crippen molar-refractivity contribution in [2.75, 3.05) is 22.8 Å². The number of nitrogens with zero attached hydrogens (tertiary/aromatic N) is 2. The molecule has 0 saturated carbocycles. The molecule has 2 aromatic carbocycles.